The summed E-state index contributed by atoms with van der Waals surface area (Å²) in [6.45, 7) is 1.67. The number of halogens is 3. The molecule has 0 aliphatic carbocycles. The lowest BCUT2D eigenvalue weighted by Gasteiger charge is -2.17. The Balaban J connectivity index is 1.57. The number of hydrogen-bond donors (Lipinski definition) is 1. The Morgan fingerprint density at radius 1 is 1.21 bits per heavy atom. The van der Waals surface area contributed by atoms with Crippen LogP contribution in [0.1, 0.15) is 18.5 Å². The van der Waals surface area contributed by atoms with Crippen LogP contribution in [0.2, 0.25) is 0 Å². The Labute approximate surface area is 136 Å². The molecule has 0 atom stereocenters. The highest BCUT2D eigenvalue weighted by Gasteiger charge is 2.33. The monoisotopic (exact) mass is 339 g/mol. The summed E-state index contributed by atoms with van der Waals surface area (Å²) in [5.74, 6) is -0.139. The first-order chi connectivity index (χ1) is 11.4. The molecule has 3 heterocycles. The van der Waals surface area contributed by atoms with E-state index in [9.17, 15) is 18.0 Å². The van der Waals surface area contributed by atoms with Gasteiger partial charge >= 0.3 is 6.18 Å². The highest BCUT2D eigenvalue weighted by atomic mass is 19.4. The molecule has 1 fully saturated rings. The SMILES string of the molecule is O=C(Cn1ccc(C(F)(F)F)n1)Nc1ccc(N2CCCC2)cn1. The van der Waals surface area contributed by atoms with Crippen molar-refractivity contribution in [2.75, 3.05) is 23.3 Å². The largest absolute Gasteiger partial charge is 0.435 e. The molecule has 0 saturated carbocycles. The van der Waals surface area contributed by atoms with Gasteiger partial charge in [-0.1, -0.05) is 0 Å². The predicted molar refractivity (Wildman–Crippen MR) is 81.5 cm³/mol. The second-order valence-electron chi connectivity index (χ2n) is 5.54. The third kappa shape index (κ3) is 3.84. The van der Waals surface area contributed by atoms with Crippen molar-refractivity contribution >= 4 is 17.4 Å². The maximum atomic E-state index is 12.5. The maximum Gasteiger partial charge on any atom is 0.435 e. The van der Waals surface area contributed by atoms with E-state index in [-0.39, 0.29) is 6.54 Å². The van der Waals surface area contributed by atoms with Crippen molar-refractivity contribution in [1.29, 1.82) is 0 Å². The molecule has 128 valence electrons. The summed E-state index contributed by atoms with van der Waals surface area (Å²) >= 11 is 0. The summed E-state index contributed by atoms with van der Waals surface area (Å²) in [5.41, 5.74) is -0.0317. The molecule has 9 heteroatoms. The summed E-state index contributed by atoms with van der Waals surface area (Å²) in [6.07, 6.45) is 0.585. The zero-order valence-corrected chi connectivity index (χ0v) is 12.8. The Hall–Kier alpha value is -2.58. The fraction of sp³-hybridized carbons (Fsp3) is 0.400. The molecule has 3 rings (SSSR count). The number of nitrogens with one attached hydrogen (secondary N) is 1. The zero-order chi connectivity index (χ0) is 17.2. The van der Waals surface area contributed by atoms with Crippen molar-refractivity contribution < 1.29 is 18.0 Å². The van der Waals surface area contributed by atoms with E-state index in [0.717, 1.165) is 48.6 Å². The van der Waals surface area contributed by atoms with Crippen LogP contribution < -0.4 is 10.2 Å². The molecule has 1 aliphatic rings. The number of amides is 1. The summed E-state index contributed by atoms with van der Waals surface area (Å²) in [5, 5.41) is 5.88. The average molecular weight is 339 g/mol. The van der Waals surface area contributed by atoms with E-state index in [0.29, 0.717) is 5.82 Å². The van der Waals surface area contributed by atoms with E-state index in [2.05, 4.69) is 20.3 Å². The fourth-order valence-electron chi connectivity index (χ4n) is 2.55. The number of alkyl halides is 3. The van der Waals surface area contributed by atoms with Crippen LogP contribution in [0.25, 0.3) is 0 Å². The average Bonchev–Trinajstić information content (AvgIpc) is 3.18. The Morgan fingerprint density at radius 2 is 1.96 bits per heavy atom. The van der Waals surface area contributed by atoms with Crippen molar-refractivity contribution in [1.82, 2.24) is 14.8 Å². The lowest BCUT2D eigenvalue weighted by atomic mass is 10.3. The van der Waals surface area contributed by atoms with Crippen LogP contribution in [0.3, 0.4) is 0 Å². The fourth-order valence-corrected chi connectivity index (χ4v) is 2.55. The van der Waals surface area contributed by atoms with Gasteiger partial charge in [0.05, 0.1) is 11.9 Å². The molecule has 2 aromatic rings. The lowest BCUT2D eigenvalue weighted by Crippen LogP contribution is -2.21. The molecule has 1 N–H and O–H groups in total. The van der Waals surface area contributed by atoms with Crippen molar-refractivity contribution in [3.63, 3.8) is 0 Å². The normalized spacial score (nSPS) is 14.9. The first kappa shape index (κ1) is 16.3. The van der Waals surface area contributed by atoms with Gasteiger partial charge in [-0.2, -0.15) is 18.3 Å². The van der Waals surface area contributed by atoms with E-state index in [1.807, 2.05) is 6.07 Å². The van der Waals surface area contributed by atoms with Crippen molar-refractivity contribution in [3.05, 3.63) is 36.3 Å². The smallest absolute Gasteiger partial charge is 0.370 e. The minimum absolute atomic E-state index is 0.314. The van der Waals surface area contributed by atoms with Crippen LogP contribution in [0.4, 0.5) is 24.7 Å². The minimum atomic E-state index is -4.52. The number of carbonyl (C=O) groups excluding carboxylic acids is 1. The van der Waals surface area contributed by atoms with Gasteiger partial charge < -0.3 is 10.2 Å². The number of hydrogen-bond acceptors (Lipinski definition) is 4. The van der Waals surface area contributed by atoms with Gasteiger partial charge in [0.1, 0.15) is 12.4 Å². The van der Waals surface area contributed by atoms with E-state index in [1.165, 1.54) is 0 Å². The molecule has 2 aromatic heterocycles. The Morgan fingerprint density at radius 3 is 2.54 bits per heavy atom. The molecule has 1 amide bonds. The molecule has 6 nitrogen and oxygen atoms in total. The second-order valence-corrected chi connectivity index (χ2v) is 5.54. The molecule has 1 saturated heterocycles. The van der Waals surface area contributed by atoms with Gasteiger partial charge in [0.25, 0.3) is 0 Å². The highest BCUT2D eigenvalue weighted by molar-refractivity contribution is 5.89. The van der Waals surface area contributed by atoms with Crippen molar-refractivity contribution in [2.24, 2.45) is 0 Å². The number of nitrogens with zero attached hydrogens (tertiary/aromatic N) is 4. The standard InChI is InChI=1S/C15H16F3N5O/c16-15(17,18)12-5-8-23(21-12)10-14(24)20-13-4-3-11(9-19-13)22-6-1-2-7-22/h3-5,8-9H,1-2,6-7,10H2,(H,19,20,24). The highest BCUT2D eigenvalue weighted by Crippen LogP contribution is 2.27. The van der Waals surface area contributed by atoms with E-state index in [4.69, 9.17) is 0 Å². The van der Waals surface area contributed by atoms with Crippen LogP contribution in [0.15, 0.2) is 30.6 Å². The lowest BCUT2D eigenvalue weighted by molar-refractivity contribution is -0.141. The zero-order valence-electron chi connectivity index (χ0n) is 12.8. The molecule has 0 spiro atoms. The number of carbonyl (C=O) groups is 1. The van der Waals surface area contributed by atoms with Gasteiger partial charge in [-0.25, -0.2) is 4.98 Å². The molecule has 1 aliphatic heterocycles. The molecule has 0 bridgehead atoms. The third-order valence-electron chi connectivity index (χ3n) is 3.72. The van der Waals surface area contributed by atoms with Gasteiger partial charge in [0.15, 0.2) is 5.69 Å². The van der Waals surface area contributed by atoms with Gasteiger partial charge in [0, 0.05) is 19.3 Å². The van der Waals surface area contributed by atoms with Crippen LogP contribution >= 0.6 is 0 Å². The van der Waals surface area contributed by atoms with E-state index in [1.54, 1.807) is 12.3 Å². The molecule has 0 radical (unpaired) electrons. The van der Waals surface area contributed by atoms with E-state index < -0.39 is 17.8 Å². The number of aromatic nitrogens is 3. The summed E-state index contributed by atoms with van der Waals surface area (Å²) in [7, 11) is 0. The quantitative estimate of drug-likeness (QED) is 0.930. The van der Waals surface area contributed by atoms with E-state index >= 15 is 0 Å². The van der Waals surface area contributed by atoms with Crippen molar-refractivity contribution in [3.8, 4) is 0 Å². The summed E-state index contributed by atoms with van der Waals surface area (Å²) in [4.78, 5) is 18.3. The topological polar surface area (TPSA) is 63.1 Å². The molecule has 0 unspecified atom stereocenters. The first-order valence-electron chi connectivity index (χ1n) is 7.53. The van der Waals surface area contributed by atoms with Crippen molar-refractivity contribution in [2.45, 2.75) is 25.6 Å². The third-order valence-corrected chi connectivity index (χ3v) is 3.72. The predicted octanol–water partition coefficient (Wildman–Crippen LogP) is 2.54. The van der Waals surface area contributed by atoms with Gasteiger partial charge in [0.2, 0.25) is 5.91 Å². The van der Waals surface area contributed by atoms with Crippen LogP contribution in [-0.2, 0) is 17.5 Å². The number of pyridine rings is 1. The molecule has 0 aromatic carbocycles. The summed E-state index contributed by atoms with van der Waals surface area (Å²) < 4.78 is 38.3. The summed E-state index contributed by atoms with van der Waals surface area (Å²) in [6, 6.07) is 4.37. The van der Waals surface area contributed by atoms with Crippen LogP contribution in [0, 0.1) is 0 Å². The molecular weight excluding hydrogens is 323 g/mol. The number of anilines is 2. The van der Waals surface area contributed by atoms with Crippen LogP contribution in [0.5, 0.6) is 0 Å². The Bertz CT molecular complexity index is 705. The van der Waals surface area contributed by atoms with Gasteiger partial charge in [-0.15, -0.1) is 0 Å². The Kier molecular flexibility index (Phi) is 4.41. The first-order valence-corrected chi connectivity index (χ1v) is 7.53. The molecular formula is C15H16F3N5O. The van der Waals surface area contributed by atoms with Gasteiger partial charge in [-0.3, -0.25) is 9.48 Å². The second kappa shape index (κ2) is 6.50. The molecule has 24 heavy (non-hydrogen) atoms. The van der Waals surface area contributed by atoms with Gasteiger partial charge in [-0.05, 0) is 31.0 Å². The minimum Gasteiger partial charge on any atom is -0.370 e. The van der Waals surface area contributed by atoms with Crippen LogP contribution in [-0.4, -0.2) is 33.8 Å². The maximum absolute atomic E-state index is 12.5. The number of rotatable bonds is 4.